The fraction of sp³-hybridized carbons (Fsp3) is 0.0952. The molecule has 0 atom stereocenters. The number of nitrogens with one attached hydrogen (secondary N) is 1. The van der Waals surface area contributed by atoms with Gasteiger partial charge in [0.2, 0.25) is 0 Å². The first-order valence-electron chi connectivity index (χ1n) is 8.60. The Hall–Kier alpha value is -3.26. The summed E-state index contributed by atoms with van der Waals surface area (Å²) in [6, 6.07) is 15.5. The number of halogens is 2. The van der Waals surface area contributed by atoms with Crippen molar-refractivity contribution in [3.63, 3.8) is 0 Å². The van der Waals surface area contributed by atoms with Crippen molar-refractivity contribution in [1.29, 1.82) is 0 Å². The van der Waals surface area contributed by atoms with E-state index in [1.165, 1.54) is 37.4 Å². The third kappa shape index (κ3) is 4.43. The lowest BCUT2D eigenvalue weighted by molar-refractivity contribution is 0.102. The number of nitrogens with zero attached hydrogens (tertiary/aromatic N) is 1. The monoisotopic (exact) mass is 416 g/mol. The van der Waals surface area contributed by atoms with Gasteiger partial charge in [-0.2, -0.15) is 0 Å². The summed E-state index contributed by atoms with van der Waals surface area (Å²) < 4.78 is 53.4. The smallest absolute Gasteiger partial charge is 0.264 e. The van der Waals surface area contributed by atoms with Crippen LogP contribution in [0.3, 0.4) is 0 Å². The van der Waals surface area contributed by atoms with Gasteiger partial charge in [-0.3, -0.25) is 9.10 Å². The minimum absolute atomic E-state index is 0.0547. The number of carbonyl (C=O) groups is 1. The lowest BCUT2D eigenvalue weighted by atomic mass is 10.2. The van der Waals surface area contributed by atoms with Crippen molar-refractivity contribution in [2.24, 2.45) is 0 Å². The zero-order valence-corrected chi connectivity index (χ0v) is 16.5. The Bertz CT molecular complexity index is 1180. The Kier molecular flexibility index (Phi) is 5.65. The van der Waals surface area contributed by atoms with Gasteiger partial charge in [0, 0.05) is 24.4 Å². The average molecular weight is 416 g/mol. The van der Waals surface area contributed by atoms with Crippen LogP contribution in [0.4, 0.5) is 20.2 Å². The fourth-order valence-corrected chi connectivity index (χ4v) is 3.93. The Labute approximate surface area is 167 Å². The number of anilines is 2. The summed E-state index contributed by atoms with van der Waals surface area (Å²) in [4.78, 5) is 12.4. The van der Waals surface area contributed by atoms with Gasteiger partial charge in [-0.05, 0) is 55.0 Å². The predicted molar refractivity (Wildman–Crippen MR) is 108 cm³/mol. The normalized spacial score (nSPS) is 11.2. The van der Waals surface area contributed by atoms with Crippen LogP contribution in [0.2, 0.25) is 0 Å². The van der Waals surface area contributed by atoms with Crippen LogP contribution in [0.25, 0.3) is 0 Å². The summed E-state index contributed by atoms with van der Waals surface area (Å²) in [7, 11) is -2.48. The second-order valence-electron chi connectivity index (χ2n) is 6.42. The number of hydrogen-bond donors (Lipinski definition) is 1. The van der Waals surface area contributed by atoms with E-state index in [0.717, 1.165) is 22.0 Å². The SMILES string of the molecule is Cc1cccc(N(C)S(=O)(=O)c2cccc(C(=O)Nc3ccc(F)c(F)c3)c2)c1. The van der Waals surface area contributed by atoms with Crippen LogP contribution < -0.4 is 9.62 Å². The molecule has 5 nitrogen and oxygen atoms in total. The number of benzene rings is 3. The quantitative estimate of drug-likeness (QED) is 0.672. The minimum atomic E-state index is -3.91. The molecule has 0 aliphatic carbocycles. The van der Waals surface area contributed by atoms with Crippen molar-refractivity contribution in [3.8, 4) is 0 Å². The second kappa shape index (κ2) is 8.00. The van der Waals surface area contributed by atoms with E-state index in [9.17, 15) is 22.0 Å². The molecule has 0 radical (unpaired) electrons. The fourth-order valence-electron chi connectivity index (χ4n) is 2.70. The van der Waals surface area contributed by atoms with Crippen molar-refractivity contribution in [3.05, 3.63) is 89.5 Å². The highest BCUT2D eigenvalue weighted by atomic mass is 32.2. The van der Waals surface area contributed by atoms with E-state index in [4.69, 9.17) is 0 Å². The molecule has 0 bridgehead atoms. The average Bonchev–Trinajstić information content (AvgIpc) is 2.70. The second-order valence-corrected chi connectivity index (χ2v) is 8.39. The van der Waals surface area contributed by atoms with Crippen LogP contribution in [0.5, 0.6) is 0 Å². The summed E-state index contributed by atoms with van der Waals surface area (Å²) in [5.74, 6) is -2.78. The molecule has 0 saturated carbocycles. The van der Waals surface area contributed by atoms with Crippen molar-refractivity contribution < 1.29 is 22.0 Å². The van der Waals surface area contributed by atoms with E-state index in [0.29, 0.717) is 5.69 Å². The maximum absolute atomic E-state index is 13.3. The molecule has 0 spiro atoms. The Morgan fingerprint density at radius 2 is 1.66 bits per heavy atom. The first-order valence-corrected chi connectivity index (χ1v) is 10.0. The highest BCUT2D eigenvalue weighted by Crippen LogP contribution is 2.24. The van der Waals surface area contributed by atoms with Gasteiger partial charge in [0.1, 0.15) is 0 Å². The summed E-state index contributed by atoms with van der Waals surface area (Å²) >= 11 is 0. The van der Waals surface area contributed by atoms with Crippen molar-refractivity contribution in [2.45, 2.75) is 11.8 Å². The van der Waals surface area contributed by atoms with Gasteiger partial charge in [0.15, 0.2) is 11.6 Å². The van der Waals surface area contributed by atoms with E-state index in [-0.39, 0.29) is 16.1 Å². The molecule has 1 amide bonds. The van der Waals surface area contributed by atoms with E-state index in [1.54, 1.807) is 18.2 Å². The van der Waals surface area contributed by atoms with Gasteiger partial charge >= 0.3 is 0 Å². The molecular weight excluding hydrogens is 398 g/mol. The molecule has 0 aliphatic rings. The molecule has 150 valence electrons. The molecular formula is C21H18F2N2O3S. The van der Waals surface area contributed by atoms with Gasteiger partial charge in [-0.25, -0.2) is 17.2 Å². The van der Waals surface area contributed by atoms with E-state index < -0.39 is 27.6 Å². The Morgan fingerprint density at radius 3 is 2.34 bits per heavy atom. The molecule has 8 heteroatoms. The first-order chi connectivity index (χ1) is 13.7. The maximum atomic E-state index is 13.3. The number of sulfonamides is 1. The van der Waals surface area contributed by atoms with E-state index in [1.807, 2.05) is 13.0 Å². The number of amides is 1. The Morgan fingerprint density at radius 1 is 0.931 bits per heavy atom. The molecule has 0 fully saturated rings. The number of rotatable bonds is 5. The van der Waals surface area contributed by atoms with Crippen LogP contribution in [-0.4, -0.2) is 21.4 Å². The van der Waals surface area contributed by atoms with Crippen LogP contribution in [0.15, 0.2) is 71.6 Å². The third-order valence-corrected chi connectivity index (χ3v) is 6.08. The first kappa shape index (κ1) is 20.5. The van der Waals surface area contributed by atoms with Gasteiger partial charge in [0.25, 0.3) is 15.9 Å². The van der Waals surface area contributed by atoms with Gasteiger partial charge < -0.3 is 5.32 Å². The molecule has 3 rings (SSSR count). The molecule has 0 saturated heterocycles. The zero-order valence-electron chi connectivity index (χ0n) is 15.7. The van der Waals surface area contributed by atoms with Crippen molar-refractivity contribution >= 4 is 27.3 Å². The van der Waals surface area contributed by atoms with Crippen LogP contribution in [-0.2, 0) is 10.0 Å². The standard InChI is InChI=1S/C21H18F2N2O3S/c1-14-5-3-7-17(11-14)25(2)29(27,28)18-8-4-6-15(12-18)21(26)24-16-9-10-19(22)20(23)13-16/h3-13H,1-2H3,(H,24,26). The molecule has 1 N–H and O–H groups in total. The molecule has 3 aromatic carbocycles. The number of hydrogen-bond acceptors (Lipinski definition) is 3. The van der Waals surface area contributed by atoms with Crippen LogP contribution >= 0.6 is 0 Å². The lowest BCUT2D eigenvalue weighted by Gasteiger charge is -2.20. The highest BCUT2D eigenvalue weighted by Gasteiger charge is 2.22. The lowest BCUT2D eigenvalue weighted by Crippen LogP contribution is -2.27. The molecule has 0 aromatic heterocycles. The topological polar surface area (TPSA) is 66.5 Å². The van der Waals surface area contributed by atoms with Crippen LogP contribution in [0.1, 0.15) is 15.9 Å². The predicted octanol–water partition coefficient (Wildman–Crippen LogP) is 4.35. The summed E-state index contributed by atoms with van der Waals surface area (Å²) in [6.45, 7) is 1.85. The Balaban J connectivity index is 1.87. The summed E-state index contributed by atoms with van der Waals surface area (Å²) in [5, 5.41) is 2.42. The largest absolute Gasteiger partial charge is 0.322 e. The highest BCUT2D eigenvalue weighted by molar-refractivity contribution is 7.92. The summed E-state index contributed by atoms with van der Waals surface area (Å²) in [5.41, 5.74) is 1.51. The molecule has 0 aliphatic heterocycles. The van der Waals surface area contributed by atoms with Crippen molar-refractivity contribution in [2.75, 3.05) is 16.7 Å². The molecule has 0 unspecified atom stereocenters. The van der Waals surface area contributed by atoms with Gasteiger partial charge in [-0.1, -0.05) is 18.2 Å². The van der Waals surface area contributed by atoms with Crippen LogP contribution in [0, 0.1) is 18.6 Å². The van der Waals surface area contributed by atoms with E-state index >= 15 is 0 Å². The molecule has 29 heavy (non-hydrogen) atoms. The van der Waals surface area contributed by atoms with E-state index in [2.05, 4.69) is 5.32 Å². The minimum Gasteiger partial charge on any atom is -0.322 e. The van der Waals surface area contributed by atoms with Gasteiger partial charge in [-0.15, -0.1) is 0 Å². The summed E-state index contributed by atoms with van der Waals surface area (Å²) in [6.07, 6.45) is 0. The number of aryl methyl sites for hydroxylation is 1. The molecule has 3 aromatic rings. The number of carbonyl (C=O) groups excluding carboxylic acids is 1. The van der Waals surface area contributed by atoms with Gasteiger partial charge in [0.05, 0.1) is 10.6 Å². The van der Waals surface area contributed by atoms with Crippen molar-refractivity contribution in [1.82, 2.24) is 0 Å². The third-order valence-electron chi connectivity index (χ3n) is 4.30. The maximum Gasteiger partial charge on any atom is 0.264 e. The molecule has 0 heterocycles. The zero-order chi connectivity index (χ0) is 21.2.